The lowest BCUT2D eigenvalue weighted by Gasteiger charge is -2.29. The third-order valence-corrected chi connectivity index (χ3v) is 5.16. The highest BCUT2D eigenvalue weighted by Crippen LogP contribution is 2.29. The maximum Gasteiger partial charge on any atom is 0.410 e. The monoisotopic (exact) mass is 407 g/mol. The van der Waals surface area contributed by atoms with Crippen LogP contribution in [0.1, 0.15) is 36.9 Å². The zero-order valence-electron chi connectivity index (χ0n) is 15.5. The van der Waals surface area contributed by atoms with Crippen LogP contribution in [0.3, 0.4) is 0 Å². The first-order valence-electron chi connectivity index (χ1n) is 8.70. The topological polar surface area (TPSA) is 71.5 Å². The Morgan fingerprint density at radius 2 is 2.00 bits per heavy atom. The first kappa shape index (κ1) is 19.6. The first-order chi connectivity index (χ1) is 12.7. The SMILES string of the molecule is CC(C)(C)OC(=O)N1CCc2nc(NC(=O)Cc3ccc(Cl)cc3)sc2C1. The van der Waals surface area contributed by atoms with Gasteiger partial charge in [-0.25, -0.2) is 9.78 Å². The lowest BCUT2D eigenvalue weighted by Crippen LogP contribution is -2.39. The van der Waals surface area contributed by atoms with E-state index in [1.54, 1.807) is 17.0 Å². The van der Waals surface area contributed by atoms with Crippen molar-refractivity contribution in [2.45, 2.75) is 45.8 Å². The van der Waals surface area contributed by atoms with Crippen molar-refractivity contribution < 1.29 is 14.3 Å². The van der Waals surface area contributed by atoms with Gasteiger partial charge in [0.15, 0.2) is 5.13 Å². The Morgan fingerprint density at radius 3 is 2.67 bits per heavy atom. The highest BCUT2D eigenvalue weighted by atomic mass is 35.5. The van der Waals surface area contributed by atoms with Gasteiger partial charge in [-0.05, 0) is 38.5 Å². The molecule has 0 spiro atoms. The molecule has 0 radical (unpaired) electrons. The van der Waals surface area contributed by atoms with Gasteiger partial charge in [0.2, 0.25) is 5.91 Å². The van der Waals surface area contributed by atoms with Gasteiger partial charge in [0, 0.05) is 22.9 Å². The highest BCUT2D eigenvalue weighted by Gasteiger charge is 2.28. The second-order valence-corrected chi connectivity index (χ2v) is 8.91. The van der Waals surface area contributed by atoms with Crippen LogP contribution < -0.4 is 5.32 Å². The molecule has 1 aromatic carbocycles. The molecule has 1 N–H and O–H groups in total. The van der Waals surface area contributed by atoms with Crippen LogP contribution in [0.25, 0.3) is 0 Å². The number of carbonyl (C=O) groups is 2. The van der Waals surface area contributed by atoms with Crippen molar-refractivity contribution in [1.29, 1.82) is 0 Å². The summed E-state index contributed by atoms with van der Waals surface area (Å²) in [4.78, 5) is 31.6. The quantitative estimate of drug-likeness (QED) is 0.824. The molecule has 0 bridgehead atoms. The van der Waals surface area contributed by atoms with Gasteiger partial charge in [0.25, 0.3) is 0 Å². The molecule has 1 aliphatic heterocycles. The van der Waals surface area contributed by atoms with E-state index in [1.165, 1.54) is 11.3 Å². The molecular formula is C19H22ClN3O3S. The Labute approximate surface area is 167 Å². The second-order valence-electron chi connectivity index (χ2n) is 7.39. The molecule has 8 heteroatoms. The predicted molar refractivity (Wildman–Crippen MR) is 106 cm³/mol. The van der Waals surface area contributed by atoms with Gasteiger partial charge in [0.1, 0.15) is 5.60 Å². The van der Waals surface area contributed by atoms with Crippen LogP contribution in [0.4, 0.5) is 9.93 Å². The first-order valence-corrected chi connectivity index (χ1v) is 9.90. The fourth-order valence-corrected chi connectivity index (χ4v) is 3.85. The molecule has 2 aromatic rings. The average Bonchev–Trinajstić information content (AvgIpc) is 2.96. The van der Waals surface area contributed by atoms with E-state index < -0.39 is 5.60 Å². The minimum absolute atomic E-state index is 0.132. The number of fused-ring (bicyclic) bond motifs is 1. The third-order valence-electron chi connectivity index (χ3n) is 3.91. The molecule has 0 atom stereocenters. The van der Waals surface area contributed by atoms with Crippen molar-refractivity contribution in [2.24, 2.45) is 0 Å². The molecule has 3 rings (SSSR count). The summed E-state index contributed by atoms with van der Waals surface area (Å²) < 4.78 is 5.43. The number of thiazole rings is 1. The van der Waals surface area contributed by atoms with Crippen molar-refractivity contribution in [3.63, 3.8) is 0 Å². The minimum Gasteiger partial charge on any atom is -0.444 e. The van der Waals surface area contributed by atoms with Gasteiger partial charge in [0.05, 0.1) is 18.7 Å². The molecule has 1 aromatic heterocycles. The number of amides is 2. The molecule has 0 saturated carbocycles. The molecule has 1 aliphatic rings. The second kappa shape index (κ2) is 7.86. The number of halogens is 1. The standard InChI is InChI=1S/C19H22ClN3O3S/c1-19(2,3)26-18(25)23-9-8-14-15(11-23)27-17(21-14)22-16(24)10-12-4-6-13(20)7-5-12/h4-7H,8-11H2,1-3H3,(H,21,22,24). The summed E-state index contributed by atoms with van der Waals surface area (Å²) >= 11 is 7.26. The van der Waals surface area contributed by atoms with Crippen LogP contribution in [0.15, 0.2) is 24.3 Å². The van der Waals surface area contributed by atoms with Gasteiger partial charge >= 0.3 is 6.09 Å². The molecule has 27 heavy (non-hydrogen) atoms. The smallest absolute Gasteiger partial charge is 0.410 e. The molecule has 0 saturated heterocycles. The van der Waals surface area contributed by atoms with E-state index in [-0.39, 0.29) is 18.4 Å². The summed E-state index contributed by atoms with van der Waals surface area (Å²) in [7, 11) is 0. The van der Waals surface area contributed by atoms with Crippen LogP contribution in [0, 0.1) is 0 Å². The van der Waals surface area contributed by atoms with Crippen molar-refractivity contribution in [1.82, 2.24) is 9.88 Å². The number of hydrogen-bond donors (Lipinski definition) is 1. The van der Waals surface area contributed by atoms with Crippen molar-refractivity contribution >= 4 is 40.1 Å². The zero-order chi connectivity index (χ0) is 19.6. The summed E-state index contributed by atoms with van der Waals surface area (Å²) in [6.45, 7) is 6.56. The molecule has 2 amide bonds. The predicted octanol–water partition coefficient (Wildman–Crippen LogP) is 4.27. The van der Waals surface area contributed by atoms with Crippen molar-refractivity contribution in [2.75, 3.05) is 11.9 Å². The van der Waals surface area contributed by atoms with Gasteiger partial charge < -0.3 is 15.0 Å². The Hall–Kier alpha value is -2.12. The maximum atomic E-state index is 12.2. The number of rotatable bonds is 3. The number of anilines is 1. The number of benzene rings is 1. The number of carbonyl (C=O) groups excluding carboxylic acids is 2. The number of nitrogens with one attached hydrogen (secondary N) is 1. The molecule has 2 heterocycles. The number of ether oxygens (including phenoxy) is 1. The van der Waals surface area contributed by atoms with Crippen LogP contribution in [-0.4, -0.2) is 34.0 Å². The fourth-order valence-electron chi connectivity index (χ4n) is 2.68. The van der Waals surface area contributed by atoms with Crippen LogP contribution in [0.5, 0.6) is 0 Å². The highest BCUT2D eigenvalue weighted by molar-refractivity contribution is 7.15. The van der Waals surface area contributed by atoms with Gasteiger partial charge in [-0.15, -0.1) is 0 Å². The Morgan fingerprint density at radius 1 is 1.30 bits per heavy atom. The van der Waals surface area contributed by atoms with Crippen molar-refractivity contribution in [3.05, 3.63) is 45.4 Å². The van der Waals surface area contributed by atoms with Crippen LogP contribution >= 0.6 is 22.9 Å². The summed E-state index contributed by atoms with van der Waals surface area (Å²) in [5.74, 6) is -0.132. The maximum absolute atomic E-state index is 12.2. The van der Waals surface area contributed by atoms with E-state index in [1.807, 2.05) is 32.9 Å². The summed E-state index contributed by atoms with van der Waals surface area (Å²) in [6, 6.07) is 7.18. The molecular weight excluding hydrogens is 386 g/mol. The molecule has 6 nitrogen and oxygen atoms in total. The van der Waals surface area contributed by atoms with Crippen LogP contribution in [-0.2, 0) is 28.9 Å². The largest absolute Gasteiger partial charge is 0.444 e. The molecule has 0 fully saturated rings. The summed E-state index contributed by atoms with van der Waals surface area (Å²) in [6.07, 6.45) is 0.582. The lowest BCUT2D eigenvalue weighted by atomic mass is 10.1. The zero-order valence-corrected chi connectivity index (χ0v) is 17.1. The van der Waals surface area contributed by atoms with Gasteiger partial charge in [-0.1, -0.05) is 35.1 Å². The van der Waals surface area contributed by atoms with Crippen molar-refractivity contribution in [3.8, 4) is 0 Å². The summed E-state index contributed by atoms with van der Waals surface area (Å²) in [5.41, 5.74) is 1.29. The van der Waals surface area contributed by atoms with E-state index in [9.17, 15) is 9.59 Å². The number of aromatic nitrogens is 1. The van der Waals surface area contributed by atoms with E-state index in [2.05, 4.69) is 10.3 Å². The third kappa shape index (κ3) is 5.43. The number of nitrogens with zero attached hydrogens (tertiary/aromatic N) is 2. The molecule has 0 aliphatic carbocycles. The Balaban J connectivity index is 1.60. The summed E-state index contributed by atoms with van der Waals surface area (Å²) in [5, 5.41) is 4.05. The van der Waals surface area contributed by atoms with E-state index in [4.69, 9.17) is 16.3 Å². The minimum atomic E-state index is -0.522. The van der Waals surface area contributed by atoms with Gasteiger partial charge in [-0.3, -0.25) is 4.79 Å². The Bertz CT molecular complexity index is 843. The normalized spacial score (nSPS) is 13.9. The Kier molecular flexibility index (Phi) is 5.72. The molecule has 144 valence electrons. The molecule has 0 unspecified atom stereocenters. The van der Waals surface area contributed by atoms with E-state index in [0.29, 0.717) is 29.7 Å². The van der Waals surface area contributed by atoms with E-state index >= 15 is 0 Å². The fraction of sp³-hybridized carbons (Fsp3) is 0.421. The lowest BCUT2D eigenvalue weighted by molar-refractivity contribution is -0.115. The van der Waals surface area contributed by atoms with E-state index in [0.717, 1.165) is 16.1 Å². The number of hydrogen-bond acceptors (Lipinski definition) is 5. The van der Waals surface area contributed by atoms with Gasteiger partial charge in [-0.2, -0.15) is 0 Å². The van der Waals surface area contributed by atoms with Crippen LogP contribution in [0.2, 0.25) is 5.02 Å². The average molecular weight is 408 g/mol.